The minimum atomic E-state index is -0.957. The van der Waals surface area contributed by atoms with Crippen LogP contribution >= 0.6 is 0 Å². The van der Waals surface area contributed by atoms with Crippen LogP contribution in [0, 0.1) is 0 Å². The van der Waals surface area contributed by atoms with E-state index in [2.05, 4.69) is 5.32 Å². The van der Waals surface area contributed by atoms with Crippen molar-refractivity contribution < 1.29 is 19.5 Å². The average molecular weight is 316 g/mol. The van der Waals surface area contributed by atoms with Crippen molar-refractivity contribution in [2.45, 2.75) is 25.3 Å². The fraction of sp³-hybridized carbons (Fsp3) is 0.353. The van der Waals surface area contributed by atoms with Crippen LogP contribution in [-0.4, -0.2) is 47.4 Å². The van der Waals surface area contributed by atoms with Crippen molar-refractivity contribution >= 4 is 23.9 Å². The van der Waals surface area contributed by atoms with Crippen molar-refractivity contribution in [1.82, 2.24) is 10.2 Å². The summed E-state index contributed by atoms with van der Waals surface area (Å²) >= 11 is 0. The first-order chi connectivity index (χ1) is 11.0. The molecule has 1 aliphatic rings. The van der Waals surface area contributed by atoms with Gasteiger partial charge in [0.15, 0.2) is 0 Å². The zero-order valence-electron chi connectivity index (χ0n) is 13.0. The van der Waals surface area contributed by atoms with Gasteiger partial charge in [0.25, 0.3) is 5.91 Å². The van der Waals surface area contributed by atoms with Crippen molar-refractivity contribution in [3.05, 3.63) is 41.5 Å². The van der Waals surface area contributed by atoms with Gasteiger partial charge in [0.2, 0.25) is 5.91 Å². The normalized spacial score (nSPS) is 18.0. The highest BCUT2D eigenvalue weighted by molar-refractivity contribution is 5.95. The zero-order chi connectivity index (χ0) is 16.8. The maximum absolute atomic E-state index is 12.2. The summed E-state index contributed by atoms with van der Waals surface area (Å²) in [6.45, 7) is 0.468. The van der Waals surface area contributed by atoms with Gasteiger partial charge in [-0.2, -0.15) is 0 Å². The van der Waals surface area contributed by atoms with Crippen LogP contribution in [0.15, 0.2) is 30.3 Å². The van der Waals surface area contributed by atoms with E-state index in [1.165, 1.54) is 11.0 Å². The van der Waals surface area contributed by atoms with Crippen molar-refractivity contribution in [3.8, 4) is 0 Å². The van der Waals surface area contributed by atoms with E-state index in [0.717, 1.165) is 18.4 Å². The molecule has 2 amide bonds. The molecule has 1 aliphatic heterocycles. The van der Waals surface area contributed by atoms with Gasteiger partial charge in [0.1, 0.15) is 6.04 Å². The standard InChI is InChI=1S/C17H20N2O4/c1-18-16(21)13-8-5-12(6-9-13)7-10-15(20)19-11-3-2-4-14(19)17(22)23/h5-10,14H,2-4,11H2,1H3,(H,18,21)(H,22,23)/b10-7+/t14-/m1/s1. The minimum Gasteiger partial charge on any atom is -0.480 e. The van der Waals surface area contributed by atoms with Crippen molar-refractivity contribution in [1.29, 1.82) is 0 Å². The predicted molar refractivity (Wildman–Crippen MR) is 85.9 cm³/mol. The third kappa shape index (κ3) is 4.18. The van der Waals surface area contributed by atoms with Crippen molar-refractivity contribution in [2.75, 3.05) is 13.6 Å². The van der Waals surface area contributed by atoms with Gasteiger partial charge in [-0.25, -0.2) is 4.79 Å². The zero-order valence-corrected chi connectivity index (χ0v) is 13.0. The fourth-order valence-corrected chi connectivity index (χ4v) is 2.61. The van der Waals surface area contributed by atoms with E-state index >= 15 is 0 Å². The van der Waals surface area contributed by atoms with Crippen LogP contribution in [0.25, 0.3) is 6.08 Å². The molecule has 1 heterocycles. The van der Waals surface area contributed by atoms with E-state index in [-0.39, 0.29) is 11.8 Å². The third-order valence-corrected chi connectivity index (χ3v) is 3.89. The molecule has 6 nitrogen and oxygen atoms in total. The second-order valence-electron chi connectivity index (χ2n) is 5.42. The van der Waals surface area contributed by atoms with Crippen LogP contribution in [0.2, 0.25) is 0 Å². The number of carboxylic acid groups (broad SMARTS) is 1. The number of carbonyl (C=O) groups excluding carboxylic acids is 2. The second kappa shape index (κ2) is 7.58. The number of aliphatic carboxylic acids is 1. The highest BCUT2D eigenvalue weighted by atomic mass is 16.4. The Hall–Kier alpha value is -2.63. The molecule has 0 aromatic heterocycles. The number of benzene rings is 1. The highest BCUT2D eigenvalue weighted by Gasteiger charge is 2.30. The third-order valence-electron chi connectivity index (χ3n) is 3.89. The van der Waals surface area contributed by atoms with E-state index in [1.54, 1.807) is 37.4 Å². The Balaban J connectivity index is 2.05. The predicted octanol–water partition coefficient (Wildman–Crippen LogP) is 1.53. The number of hydrogen-bond donors (Lipinski definition) is 2. The van der Waals surface area contributed by atoms with Crippen molar-refractivity contribution in [3.63, 3.8) is 0 Å². The number of likely N-dealkylation sites (tertiary alicyclic amines) is 1. The Morgan fingerprint density at radius 2 is 1.91 bits per heavy atom. The summed E-state index contributed by atoms with van der Waals surface area (Å²) in [5.74, 6) is -1.43. The molecule has 0 radical (unpaired) electrons. The molecule has 0 saturated carbocycles. The van der Waals surface area contributed by atoms with E-state index in [0.29, 0.717) is 18.5 Å². The van der Waals surface area contributed by atoms with E-state index < -0.39 is 12.0 Å². The summed E-state index contributed by atoms with van der Waals surface area (Å²) in [7, 11) is 1.56. The van der Waals surface area contributed by atoms with Gasteiger partial charge >= 0.3 is 5.97 Å². The largest absolute Gasteiger partial charge is 0.480 e. The van der Waals surface area contributed by atoms with Crippen LogP contribution in [0.1, 0.15) is 35.2 Å². The number of amides is 2. The first-order valence-corrected chi connectivity index (χ1v) is 7.56. The molecule has 0 spiro atoms. The van der Waals surface area contributed by atoms with Crippen LogP contribution in [0.3, 0.4) is 0 Å². The second-order valence-corrected chi connectivity index (χ2v) is 5.42. The van der Waals surface area contributed by atoms with Gasteiger partial charge in [-0.3, -0.25) is 9.59 Å². The maximum atomic E-state index is 12.2. The van der Waals surface area contributed by atoms with E-state index in [4.69, 9.17) is 0 Å². The van der Waals surface area contributed by atoms with E-state index in [1.807, 2.05) is 0 Å². The Morgan fingerprint density at radius 3 is 2.52 bits per heavy atom. The van der Waals surface area contributed by atoms with Crippen LogP contribution in [0.4, 0.5) is 0 Å². The lowest BCUT2D eigenvalue weighted by Gasteiger charge is -2.32. The number of nitrogens with zero attached hydrogens (tertiary/aromatic N) is 1. The molecule has 2 rings (SSSR count). The number of carbonyl (C=O) groups is 3. The SMILES string of the molecule is CNC(=O)c1ccc(/C=C/C(=O)N2CCCC[C@@H]2C(=O)O)cc1. The summed E-state index contributed by atoms with van der Waals surface area (Å²) in [5, 5.41) is 11.7. The lowest BCUT2D eigenvalue weighted by Crippen LogP contribution is -2.47. The summed E-state index contributed by atoms with van der Waals surface area (Å²) in [6, 6.07) is 6.07. The van der Waals surface area contributed by atoms with Gasteiger partial charge in [-0.1, -0.05) is 12.1 Å². The maximum Gasteiger partial charge on any atom is 0.326 e. The molecule has 23 heavy (non-hydrogen) atoms. The van der Waals surface area contributed by atoms with Gasteiger partial charge < -0.3 is 15.3 Å². The Kier molecular flexibility index (Phi) is 5.51. The molecule has 0 bridgehead atoms. The van der Waals surface area contributed by atoms with Crippen LogP contribution < -0.4 is 5.32 Å². The molecule has 1 aromatic rings. The lowest BCUT2D eigenvalue weighted by molar-refractivity contribution is -0.150. The topological polar surface area (TPSA) is 86.7 Å². The molecule has 1 saturated heterocycles. The van der Waals surface area contributed by atoms with Gasteiger partial charge in [-0.05, 0) is 43.0 Å². The number of rotatable bonds is 4. The Bertz CT molecular complexity index is 622. The molecule has 1 atom stereocenters. The molecular formula is C17H20N2O4. The molecule has 1 fully saturated rings. The molecule has 0 aliphatic carbocycles. The Morgan fingerprint density at radius 1 is 1.22 bits per heavy atom. The smallest absolute Gasteiger partial charge is 0.326 e. The molecular weight excluding hydrogens is 296 g/mol. The number of hydrogen-bond acceptors (Lipinski definition) is 3. The van der Waals surface area contributed by atoms with Gasteiger partial charge in [0.05, 0.1) is 0 Å². The fourth-order valence-electron chi connectivity index (χ4n) is 2.61. The molecule has 122 valence electrons. The quantitative estimate of drug-likeness (QED) is 0.825. The molecule has 6 heteroatoms. The minimum absolute atomic E-state index is 0.172. The summed E-state index contributed by atoms with van der Waals surface area (Å²) in [6.07, 6.45) is 5.16. The van der Waals surface area contributed by atoms with Crippen LogP contribution in [0.5, 0.6) is 0 Å². The summed E-state index contributed by atoms with van der Waals surface area (Å²) in [4.78, 5) is 36.3. The first-order valence-electron chi connectivity index (χ1n) is 7.56. The van der Waals surface area contributed by atoms with Gasteiger partial charge in [0, 0.05) is 25.2 Å². The number of carboxylic acids is 1. The molecule has 2 N–H and O–H groups in total. The Labute approximate surface area is 134 Å². The van der Waals surface area contributed by atoms with E-state index in [9.17, 15) is 19.5 Å². The van der Waals surface area contributed by atoms with Crippen molar-refractivity contribution in [2.24, 2.45) is 0 Å². The summed E-state index contributed by atoms with van der Waals surface area (Å²) < 4.78 is 0. The van der Waals surface area contributed by atoms with Gasteiger partial charge in [-0.15, -0.1) is 0 Å². The molecule has 0 unspecified atom stereocenters. The number of nitrogens with one attached hydrogen (secondary N) is 1. The number of piperidine rings is 1. The highest BCUT2D eigenvalue weighted by Crippen LogP contribution is 2.18. The average Bonchev–Trinajstić information content (AvgIpc) is 2.59. The lowest BCUT2D eigenvalue weighted by atomic mass is 10.0. The monoisotopic (exact) mass is 316 g/mol. The van der Waals surface area contributed by atoms with Crippen LogP contribution in [-0.2, 0) is 9.59 Å². The first kappa shape index (κ1) is 16.7. The summed E-state index contributed by atoms with van der Waals surface area (Å²) in [5.41, 5.74) is 1.31. The molecule has 1 aromatic carbocycles.